The van der Waals surface area contributed by atoms with Gasteiger partial charge in [0.25, 0.3) is 5.56 Å². The van der Waals surface area contributed by atoms with Crippen LogP contribution in [0.15, 0.2) is 64.2 Å². The first kappa shape index (κ1) is 22.6. The van der Waals surface area contributed by atoms with Crippen molar-refractivity contribution in [3.8, 4) is 5.69 Å². The topological polar surface area (TPSA) is 76.3 Å². The number of carbonyl (C=O) groups is 1. The Bertz CT molecular complexity index is 1250. The van der Waals surface area contributed by atoms with Crippen LogP contribution < -0.4 is 21.5 Å². The number of carbonyl (C=O) groups excluding carboxylic acids is 1. The first-order valence-corrected chi connectivity index (χ1v) is 11.4. The maximum Gasteiger partial charge on any atom is 0.335 e. The Morgan fingerprint density at radius 2 is 1.64 bits per heavy atom. The van der Waals surface area contributed by atoms with Gasteiger partial charge in [0.1, 0.15) is 5.69 Å². The van der Waals surface area contributed by atoms with Crippen molar-refractivity contribution in [2.24, 2.45) is 13.0 Å². The minimum absolute atomic E-state index is 0.0118. The fraction of sp³-hybridized carbons (Fsp3) is 0.346. The van der Waals surface area contributed by atoms with Crippen LogP contribution in [0.4, 0.5) is 11.4 Å². The number of rotatable bonds is 5. The van der Waals surface area contributed by atoms with E-state index >= 15 is 0 Å². The van der Waals surface area contributed by atoms with Crippen LogP contribution in [0, 0.1) is 12.8 Å². The van der Waals surface area contributed by atoms with Gasteiger partial charge in [0.2, 0.25) is 5.91 Å². The van der Waals surface area contributed by atoms with E-state index in [9.17, 15) is 14.4 Å². The number of hydrogen-bond acceptors (Lipinski definition) is 4. The summed E-state index contributed by atoms with van der Waals surface area (Å²) in [5, 5.41) is 3.02. The molecule has 0 atom stereocenters. The summed E-state index contributed by atoms with van der Waals surface area (Å²) in [4.78, 5) is 40.7. The molecule has 0 radical (unpaired) electrons. The fourth-order valence-corrected chi connectivity index (χ4v) is 4.48. The number of anilines is 2. The highest BCUT2D eigenvalue weighted by atomic mass is 16.2. The first-order valence-electron chi connectivity index (χ1n) is 11.4. The molecule has 1 saturated heterocycles. The summed E-state index contributed by atoms with van der Waals surface area (Å²) in [6.07, 6.45) is 2.25. The van der Waals surface area contributed by atoms with Crippen LogP contribution in [-0.2, 0) is 18.3 Å². The number of nitrogens with one attached hydrogen (secondary N) is 1. The van der Waals surface area contributed by atoms with Crippen LogP contribution in [0.1, 0.15) is 31.0 Å². The van der Waals surface area contributed by atoms with Gasteiger partial charge in [0.15, 0.2) is 0 Å². The van der Waals surface area contributed by atoms with E-state index in [1.54, 1.807) is 4.57 Å². The van der Waals surface area contributed by atoms with Gasteiger partial charge in [0.05, 0.1) is 11.4 Å². The second kappa shape index (κ2) is 9.48. The second-order valence-corrected chi connectivity index (χ2v) is 8.55. The van der Waals surface area contributed by atoms with Crippen molar-refractivity contribution in [3.05, 3.63) is 86.7 Å². The van der Waals surface area contributed by atoms with E-state index in [0.717, 1.165) is 22.4 Å². The quantitative estimate of drug-likeness (QED) is 0.653. The van der Waals surface area contributed by atoms with Gasteiger partial charge in [0, 0.05) is 31.7 Å². The molecule has 0 bridgehead atoms. The maximum absolute atomic E-state index is 13.0. The first-order chi connectivity index (χ1) is 15.9. The number of amides is 1. The van der Waals surface area contributed by atoms with Gasteiger partial charge >= 0.3 is 5.69 Å². The minimum atomic E-state index is -0.365. The molecule has 1 aromatic heterocycles. The molecule has 3 aromatic rings. The van der Waals surface area contributed by atoms with Gasteiger partial charge in [-0.1, -0.05) is 37.3 Å². The zero-order valence-corrected chi connectivity index (χ0v) is 19.4. The van der Waals surface area contributed by atoms with Gasteiger partial charge in [-0.25, -0.2) is 4.79 Å². The predicted molar refractivity (Wildman–Crippen MR) is 131 cm³/mol. The zero-order valence-electron chi connectivity index (χ0n) is 19.4. The van der Waals surface area contributed by atoms with Crippen LogP contribution in [0.2, 0.25) is 0 Å². The minimum Gasteiger partial charge on any atom is -0.366 e. The Balaban J connectivity index is 1.53. The van der Waals surface area contributed by atoms with Gasteiger partial charge in [-0.05, 0) is 56.0 Å². The van der Waals surface area contributed by atoms with Crippen LogP contribution in [0.5, 0.6) is 0 Å². The summed E-state index contributed by atoms with van der Waals surface area (Å²) < 4.78 is 2.74. The van der Waals surface area contributed by atoms with Crippen molar-refractivity contribution >= 4 is 17.3 Å². The molecule has 2 aromatic carbocycles. The molecule has 1 amide bonds. The molecular weight excluding hydrogens is 416 g/mol. The number of benzene rings is 2. The number of hydrogen-bond donors (Lipinski definition) is 1. The maximum atomic E-state index is 13.0. The van der Waals surface area contributed by atoms with Crippen molar-refractivity contribution < 1.29 is 4.79 Å². The lowest BCUT2D eigenvalue weighted by molar-refractivity contribution is -0.120. The lowest BCUT2D eigenvalue weighted by atomic mass is 9.95. The van der Waals surface area contributed by atoms with Gasteiger partial charge in [-0.15, -0.1) is 0 Å². The van der Waals surface area contributed by atoms with E-state index in [2.05, 4.69) is 12.2 Å². The molecule has 1 aliphatic heterocycles. The molecule has 7 nitrogen and oxygen atoms in total. The molecule has 172 valence electrons. The molecule has 1 fully saturated rings. The van der Waals surface area contributed by atoms with Crippen molar-refractivity contribution in [2.45, 2.75) is 33.1 Å². The van der Waals surface area contributed by atoms with E-state index in [1.165, 1.54) is 12.6 Å². The molecular formula is C26H30N4O3. The SMILES string of the molecule is CCc1ccc(NC(=O)C2CCN(c3c(C)n(-c4ccccc4)c(=O)n(C)c3=O)CC2)cc1. The summed E-state index contributed by atoms with van der Waals surface area (Å²) in [5.74, 6) is -0.103. The molecule has 33 heavy (non-hydrogen) atoms. The average molecular weight is 447 g/mol. The van der Waals surface area contributed by atoms with Gasteiger partial charge in [-0.2, -0.15) is 0 Å². The van der Waals surface area contributed by atoms with Crippen LogP contribution in [0.3, 0.4) is 0 Å². The molecule has 0 aliphatic carbocycles. The Morgan fingerprint density at radius 1 is 1.00 bits per heavy atom. The third-order valence-corrected chi connectivity index (χ3v) is 6.49. The Hall–Kier alpha value is -3.61. The number of piperidine rings is 1. The van der Waals surface area contributed by atoms with Crippen LogP contribution in [0.25, 0.3) is 5.69 Å². The van der Waals surface area contributed by atoms with E-state index in [4.69, 9.17) is 0 Å². The molecule has 1 aliphatic rings. The highest BCUT2D eigenvalue weighted by molar-refractivity contribution is 5.92. The van der Waals surface area contributed by atoms with Crippen molar-refractivity contribution in [3.63, 3.8) is 0 Å². The molecule has 4 rings (SSSR count). The lowest BCUT2D eigenvalue weighted by Gasteiger charge is -2.34. The summed E-state index contributed by atoms with van der Waals surface area (Å²) >= 11 is 0. The Labute approximate surface area is 193 Å². The highest BCUT2D eigenvalue weighted by Gasteiger charge is 2.28. The normalized spacial score (nSPS) is 14.3. The van der Waals surface area contributed by atoms with E-state index in [-0.39, 0.29) is 23.1 Å². The second-order valence-electron chi connectivity index (χ2n) is 8.55. The number of aryl methyl sites for hydroxylation is 1. The molecule has 7 heteroatoms. The third-order valence-electron chi connectivity index (χ3n) is 6.49. The van der Waals surface area contributed by atoms with E-state index in [1.807, 2.05) is 66.4 Å². The van der Waals surface area contributed by atoms with Crippen molar-refractivity contribution in [1.29, 1.82) is 0 Å². The van der Waals surface area contributed by atoms with E-state index < -0.39 is 0 Å². The molecule has 2 heterocycles. The Kier molecular flexibility index (Phi) is 6.49. The summed E-state index contributed by atoms with van der Waals surface area (Å²) in [6.45, 7) is 5.07. The van der Waals surface area contributed by atoms with Crippen molar-refractivity contribution in [2.75, 3.05) is 23.3 Å². The number of para-hydroxylation sites is 1. The van der Waals surface area contributed by atoms with Gasteiger partial charge < -0.3 is 10.2 Å². The smallest absolute Gasteiger partial charge is 0.335 e. The third kappa shape index (κ3) is 4.49. The summed E-state index contributed by atoms with van der Waals surface area (Å²) in [5.41, 5.74) is 3.23. The van der Waals surface area contributed by atoms with Crippen LogP contribution in [-0.4, -0.2) is 28.1 Å². The predicted octanol–water partition coefficient (Wildman–Crippen LogP) is 3.26. The highest BCUT2D eigenvalue weighted by Crippen LogP contribution is 2.25. The number of nitrogens with zero attached hydrogens (tertiary/aromatic N) is 3. The molecule has 1 N–H and O–H groups in total. The van der Waals surface area contributed by atoms with Gasteiger partial charge in [-0.3, -0.25) is 18.7 Å². The molecule has 0 saturated carbocycles. The average Bonchev–Trinajstić information content (AvgIpc) is 2.84. The molecule has 0 unspecified atom stereocenters. The fourth-order valence-electron chi connectivity index (χ4n) is 4.48. The van der Waals surface area contributed by atoms with Crippen LogP contribution >= 0.6 is 0 Å². The van der Waals surface area contributed by atoms with E-state index in [0.29, 0.717) is 37.3 Å². The Morgan fingerprint density at radius 3 is 2.24 bits per heavy atom. The zero-order chi connectivity index (χ0) is 23.5. The standard InChI is InChI=1S/C26H30N4O3/c1-4-19-10-12-21(13-11-19)27-24(31)20-14-16-29(17-15-20)23-18(2)30(22-8-6-5-7-9-22)26(33)28(3)25(23)32/h5-13,20H,4,14-17H2,1-3H3,(H,27,31). The number of aromatic nitrogens is 2. The monoisotopic (exact) mass is 446 g/mol. The summed E-state index contributed by atoms with van der Waals surface area (Å²) in [6, 6.07) is 17.3. The summed E-state index contributed by atoms with van der Waals surface area (Å²) in [7, 11) is 1.51. The largest absolute Gasteiger partial charge is 0.366 e. The van der Waals surface area contributed by atoms with Crippen molar-refractivity contribution in [1.82, 2.24) is 9.13 Å². The lowest BCUT2D eigenvalue weighted by Crippen LogP contribution is -2.46. The molecule has 0 spiro atoms.